The van der Waals surface area contributed by atoms with Crippen LogP contribution in [0.15, 0.2) is 31.0 Å². The third-order valence-electron chi connectivity index (χ3n) is 1.73. The van der Waals surface area contributed by atoms with Crippen molar-refractivity contribution < 1.29 is 0 Å². The first-order valence-corrected chi connectivity index (χ1v) is 3.74. The summed E-state index contributed by atoms with van der Waals surface area (Å²) in [6.45, 7) is 0. The van der Waals surface area contributed by atoms with Gasteiger partial charge in [-0.2, -0.15) is 5.26 Å². The Balaban J connectivity index is 2.59. The minimum Gasteiger partial charge on any atom is -0.345 e. The second kappa shape index (κ2) is 3.07. The van der Waals surface area contributed by atoms with E-state index in [0.717, 1.165) is 11.3 Å². The van der Waals surface area contributed by atoms with Gasteiger partial charge in [-0.3, -0.25) is 4.98 Å². The van der Waals surface area contributed by atoms with Crippen molar-refractivity contribution in [2.45, 2.75) is 0 Å². The van der Waals surface area contributed by atoms with Crippen LogP contribution in [0.5, 0.6) is 0 Å². The lowest BCUT2D eigenvalue weighted by atomic mass is 10.1. The number of aromatic amines is 1. The van der Waals surface area contributed by atoms with Crippen LogP contribution in [0, 0.1) is 11.3 Å². The number of hydrogen-bond acceptors (Lipinski definition) is 3. The molecule has 62 valence electrons. The van der Waals surface area contributed by atoms with Crippen molar-refractivity contribution in [1.82, 2.24) is 15.0 Å². The van der Waals surface area contributed by atoms with E-state index in [2.05, 4.69) is 21.0 Å². The van der Waals surface area contributed by atoms with Gasteiger partial charge in [-0.15, -0.1) is 0 Å². The molecule has 0 aliphatic carbocycles. The molecule has 0 aromatic carbocycles. The Morgan fingerprint density at radius 3 is 2.92 bits per heavy atom. The largest absolute Gasteiger partial charge is 0.345 e. The summed E-state index contributed by atoms with van der Waals surface area (Å²) in [7, 11) is 0. The Morgan fingerprint density at radius 1 is 1.31 bits per heavy atom. The third kappa shape index (κ3) is 1.27. The van der Waals surface area contributed by atoms with E-state index in [9.17, 15) is 0 Å². The molecule has 0 atom stereocenters. The van der Waals surface area contributed by atoms with Crippen molar-refractivity contribution in [1.29, 1.82) is 5.26 Å². The Hall–Kier alpha value is -2.15. The highest BCUT2D eigenvalue weighted by molar-refractivity contribution is 5.65. The maximum atomic E-state index is 8.79. The average molecular weight is 170 g/mol. The van der Waals surface area contributed by atoms with Gasteiger partial charge in [-0.05, 0) is 6.07 Å². The highest BCUT2D eigenvalue weighted by Crippen LogP contribution is 2.18. The predicted molar refractivity (Wildman–Crippen MR) is 46.5 cm³/mol. The lowest BCUT2D eigenvalue weighted by Crippen LogP contribution is -1.85. The van der Waals surface area contributed by atoms with Gasteiger partial charge in [0.05, 0.1) is 23.8 Å². The number of hydrogen-bond donors (Lipinski definition) is 1. The number of nitriles is 1. The van der Waals surface area contributed by atoms with E-state index >= 15 is 0 Å². The van der Waals surface area contributed by atoms with Crippen LogP contribution in [0.3, 0.4) is 0 Å². The minimum atomic E-state index is 0.548. The molecular formula is C9H6N4. The van der Waals surface area contributed by atoms with E-state index in [1.54, 1.807) is 24.8 Å². The lowest BCUT2D eigenvalue weighted by Gasteiger charge is -1.97. The highest BCUT2D eigenvalue weighted by Gasteiger charge is 2.04. The maximum absolute atomic E-state index is 8.79. The zero-order valence-electron chi connectivity index (χ0n) is 6.73. The van der Waals surface area contributed by atoms with E-state index in [1.165, 1.54) is 6.20 Å². The van der Waals surface area contributed by atoms with Gasteiger partial charge in [0.1, 0.15) is 6.07 Å². The fourth-order valence-electron chi connectivity index (χ4n) is 1.12. The third-order valence-corrected chi connectivity index (χ3v) is 1.73. The van der Waals surface area contributed by atoms with Crippen LogP contribution in [0.25, 0.3) is 11.3 Å². The Morgan fingerprint density at radius 2 is 2.23 bits per heavy atom. The average Bonchev–Trinajstić information content (AvgIpc) is 2.70. The zero-order valence-corrected chi connectivity index (χ0v) is 6.73. The first kappa shape index (κ1) is 7.50. The molecular weight excluding hydrogens is 164 g/mol. The summed E-state index contributed by atoms with van der Waals surface area (Å²) in [5.41, 5.74) is 2.21. The van der Waals surface area contributed by atoms with Gasteiger partial charge in [-0.25, -0.2) is 4.98 Å². The van der Waals surface area contributed by atoms with Crippen molar-refractivity contribution in [3.8, 4) is 17.3 Å². The Bertz CT molecular complexity index is 439. The van der Waals surface area contributed by atoms with Crippen LogP contribution in [-0.2, 0) is 0 Å². The van der Waals surface area contributed by atoms with Crippen LogP contribution in [0.1, 0.15) is 5.56 Å². The van der Waals surface area contributed by atoms with Crippen LogP contribution >= 0.6 is 0 Å². The molecule has 0 bridgehead atoms. The molecule has 4 nitrogen and oxygen atoms in total. The summed E-state index contributed by atoms with van der Waals surface area (Å²) in [4.78, 5) is 10.7. The zero-order chi connectivity index (χ0) is 9.10. The van der Waals surface area contributed by atoms with Gasteiger partial charge < -0.3 is 4.98 Å². The normalized spacial score (nSPS) is 9.46. The summed E-state index contributed by atoms with van der Waals surface area (Å²) < 4.78 is 0. The molecule has 0 unspecified atom stereocenters. The van der Waals surface area contributed by atoms with Gasteiger partial charge in [0.25, 0.3) is 0 Å². The van der Waals surface area contributed by atoms with E-state index in [1.807, 2.05) is 0 Å². The number of nitrogens with zero attached hydrogens (tertiary/aromatic N) is 3. The molecule has 0 saturated carbocycles. The molecule has 0 aliphatic rings. The number of rotatable bonds is 1. The van der Waals surface area contributed by atoms with Crippen molar-refractivity contribution in [3.63, 3.8) is 0 Å². The topological polar surface area (TPSA) is 65.4 Å². The Kier molecular flexibility index (Phi) is 1.77. The Labute approximate surface area is 74.9 Å². The van der Waals surface area contributed by atoms with Gasteiger partial charge in [0, 0.05) is 18.0 Å². The van der Waals surface area contributed by atoms with E-state index < -0.39 is 0 Å². The first-order valence-electron chi connectivity index (χ1n) is 3.74. The SMILES string of the molecule is N#Cc1cnccc1-c1cnc[nH]1. The molecule has 1 N–H and O–H groups in total. The van der Waals surface area contributed by atoms with E-state index in [-0.39, 0.29) is 0 Å². The molecule has 0 fully saturated rings. The van der Waals surface area contributed by atoms with Gasteiger partial charge in [0.15, 0.2) is 0 Å². The molecule has 0 amide bonds. The standard InChI is InChI=1S/C9H6N4/c10-3-7-4-11-2-1-8(7)9-5-12-6-13-9/h1-2,4-6H,(H,12,13). The van der Waals surface area contributed by atoms with Gasteiger partial charge >= 0.3 is 0 Å². The quantitative estimate of drug-likeness (QED) is 0.702. The molecule has 4 heteroatoms. The van der Waals surface area contributed by atoms with Crippen LogP contribution < -0.4 is 0 Å². The van der Waals surface area contributed by atoms with Crippen LogP contribution in [0.2, 0.25) is 0 Å². The van der Waals surface area contributed by atoms with Crippen molar-refractivity contribution in [3.05, 3.63) is 36.5 Å². The number of aromatic nitrogens is 3. The van der Waals surface area contributed by atoms with Crippen molar-refractivity contribution in [2.75, 3.05) is 0 Å². The first-order chi connectivity index (χ1) is 6.42. The molecule has 0 radical (unpaired) electrons. The van der Waals surface area contributed by atoms with E-state index in [4.69, 9.17) is 5.26 Å². The number of imidazole rings is 1. The molecule has 0 aliphatic heterocycles. The molecule has 2 rings (SSSR count). The van der Waals surface area contributed by atoms with Gasteiger partial charge in [0.2, 0.25) is 0 Å². The monoisotopic (exact) mass is 170 g/mol. The smallest absolute Gasteiger partial charge is 0.101 e. The van der Waals surface area contributed by atoms with Crippen LogP contribution in [-0.4, -0.2) is 15.0 Å². The number of pyridine rings is 1. The summed E-state index contributed by atoms with van der Waals surface area (Å²) in [6.07, 6.45) is 6.44. The molecule has 0 spiro atoms. The summed E-state index contributed by atoms with van der Waals surface area (Å²) in [5, 5.41) is 8.79. The molecule has 0 saturated heterocycles. The molecule has 2 aromatic heterocycles. The highest BCUT2D eigenvalue weighted by atomic mass is 14.9. The fraction of sp³-hybridized carbons (Fsp3) is 0. The summed E-state index contributed by atoms with van der Waals surface area (Å²) in [6, 6.07) is 3.86. The molecule has 13 heavy (non-hydrogen) atoms. The number of nitrogens with one attached hydrogen (secondary N) is 1. The maximum Gasteiger partial charge on any atom is 0.101 e. The second-order valence-corrected chi connectivity index (χ2v) is 2.50. The van der Waals surface area contributed by atoms with Crippen LogP contribution in [0.4, 0.5) is 0 Å². The summed E-state index contributed by atoms with van der Waals surface area (Å²) in [5.74, 6) is 0. The van der Waals surface area contributed by atoms with Crippen molar-refractivity contribution >= 4 is 0 Å². The van der Waals surface area contributed by atoms with Crippen molar-refractivity contribution in [2.24, 2.45) is 0 Å². The predicted octanol–water partition coefficient (Wildman–Crippen LogP) is 1.34. The number of H-pyrrole nitrogens is 1. The van der Waals surface area contributed by atoms with E-state index in [0.29, 0.717) is 5.56 Å². The molecule has 2 heterocycles. The second-order valence-electron chi connectivity index (χ2n) is 2.50. The minimum absolute atomic E-state index is 0.548. The fourth-order valence-corrected chi connectivity index (χ4v) is 1.12. The lowest BCUT2D eigenvalue weighted by molar-refractivity contribution is 1.28. The molecule has 2 aromatic rings. The van der Waals surface area contributed by atoms with Gasteiger partial charge in [-0.1, -0.05) is 0 Å². The summed E-state index contributed by atoms with van der Waals surface area (Å²) >= 11 is 0.